The van der Waals surface area contributed by atoms with E-state index in [1.165, 1.54) is 18.4 Å². The van der Waals surface area contributed by atoms with Crippen LogP contribution < -0.4 is 0 Å². The Morgan fingerprint density at radius 3 is 1.57 bits per heavy atom. The summed E-state index contributed by atoms with van der Waals surface area (Å²) in [6.45, 7) is 7.25. The maximum Gasteiger partial charge on any atom is 0 e. The van der Waals surface area contributed by atoms with Crippen molar-refractivity contribution in [1.82, 2.24) is 0 Å². The fourth-order valence-electron chi connectivity index (χ4n) is 7.27. The second-order valence-corrected chi connectivity index (χ2v) is 11.6. The van der Waals surface area contributed by atoms with Gasteiger partial charge in [0.15, 0.2) is 0 Å². The van der Waals surface area contributed by atoms with Crippen molar-refractivity contribution in [1.29, 1.82) is 0 Å². The minimum atomic E-state index is -0.479. The van der Waals surface area contributed by atoms with Gasteiger partial charge in [0.25, 0.3) is 0 Å². The van der Waals surface area contributed by atoms with Crippen LogP contribution in [0.2, 0.25) is 0 Å². The van der Waals surface area contributed by atoms with E-state index in [4.69, 9.17) is 9.47 Å². The zero-order chi connectivity index (χ0) is 18.9. The van der Waals surface area contributed by atoms with Gasteiger partial charge in [-0.05, 0) is 0 Å². The van der Waals surface area contributed by atoms with E-state index >= 15 is 0 Å². The molecule has 4 aliphatic rings. The Morgan fingerprint density at radius 1 is 0.738 bits per heavy atom. The number of methoxy groups -OCH3 is 2. The van der Waals surface area contributed by atoms with E-state index in [0.29, 0.717) is 17.8 Å². The SMILES string of the molecule is COC1(OC)CCC2(C)C(=C[C@H](C)C3C4CC[C](=[W])C4(C)C[C@@H](O)C32)C1.[W].[W].[W].[W].[W].[W].[W].[W].[W].[W].[W].[W].[W].[W].[W].[W]. The Morgan fingerprint density at radius 2 is 1.17 bits per heavy atom. The summed E-state index contributed by atoms with van der Waals surface area (Å²) in [7, 11) is 3.53. The second kappa shape index (κ2) is 39.0. The van der Waals surface area contributed by atoms with Gasteiger partial charge in [-0.25, -0.2) is 0 Å². The molecule has 3 fully saturated rings. The maximum atomic E-state index is 11.4. The second-order valence-electron chi connectivity index (χ2n) is 9.82. The van der Waals surface area contributed by atoms with Gasteiger partial charge < -0.3 is 0 Å². The van der Waals surface area contributed by atoms with Gasteiger partial charge in [0.2, 0.25) is 0 Å². The van der Waals surface area contributed by atoms with Gasteiger partial charge in [-0.15, -0.1) is 0 Å². The first kappa shape index (κ1) is 89.7. The molecular formula is C22H34O3W17. The van der Waals surface area contributed by atoms with Gasteiger partial charge in [-0.3, -0.25) is 0 Å². The Hall–Kier alpha value is 11.2. The van der Waals surface area contributed by atoms with E-state index < -0.39 is 5.79 Å². The number of ether oxygens (including phenoxy) is 2. The average Bonchev–Trinajstić information content (AvgIpc) is 2.90. The molecule has 0 aromatic carbocycles. The van der Waals surface area contributed by atoms with Crippen molar-refractivity contribution in [3.63, 3.8) is 0 Å². The predicted molar refractivity (Wildman–Crippen MR) is 99.4 cm³/mol. The Labute approximate surface area is 495 Å². The van der Waals surface area contributed by atoms with Crippen LogP contribution in [0.25, 0.3) is 0 Å². The fraction of sp³-hybridized carbons (Fsp3) is 0.864. The average molecular weight is 3470 g/mol. The van der Waals surface area contributed by atoms with Gasteiger partial charge in [0, 0.05) is 337 Å². The maximum absolute atomic E-state index is 11.4. The van der Waals surface area contributed by atoms with Gasteiger partial charge in [-0.1, -0.05) is 0 Å². The molecule has 0 aromatic heterocycles. The van der Waals surface area contributed by atoms with E-state index in [9.17, 15) is 5.11 Å². The van der Waals surface area contributed by atoms with E-state index in [2.05, 4.69) is 26.8 Å². The minimum absolute atomic E-state index is 0. The van der Waals surface area contributed by atoms with Crippen molar-refractivity contribution in [2.24, 2.45) is 34.5 Å². The first-order valence-electron chi connectivity index (χ1n) is 10.2. The smallest absolute Gasteiger partial charge is 0 e. The van der Waals surface area contributed by atoms with Crippen LogP contribution in [-0.4, -0.2) is 35.1 Å². The summed E-state index contributed by atoms with van der Waals surface area (Å²) >= 11 is 1.64. The Kier molecular flexibility index (Phi) is 83.4. The number of hydrogen-bond acceptors (Lipinski definition) is 3. The summed E-state index contributed by atoms with van der Waals surface area (Å²) in [6, 6.07) is 0. The van der Waals surface area contributed by atoms with E-state index in [1.54, 1.807) is 37.5 Å². The third-order valence-corrected chi connectivity index (χ3v) is 11.2. The summed E-state index contributed by atoms with van der Waals surface area (Å²) in [4.78, 5) is 0. The number of hydrogen-bond donors (Lipinski definition) is 1. The van der Waals surface area contributed by atoms with Crippen molar-refractivity contribution in [3.8, 4) is 0 Å². The largest absolute Gasteiger partial charge is 0 e. The van der Waals surface area contributed by atoms with Crippen molar-refractivity contribution in [2.45, 2.75) is 71.2 Å². The fourth-order valence-corrected chi connectivity index (χ4v) is 8.54. The number of fused-ring (bicyclic) bond motifs is 5. The molecule has 0 radical (unpaired) electrons. The molecule has 3 nitrogen and oxygen atoms in total. The molecule has 7 atom stereocenters. The molecule has 0 saturated heterocycles. The molecule has 242 valence electrons. The first-order valence-corrected chi connectivity index (χ1v) is 11.7. The topological polar surface area (TPSA) is 38.7 Å². The summed E-state index contributed by atoms with van der Waals surface area (Å²) in [5.41, 5.74) is 1.82. The number of rotatable bonds is 2. The molecule has 4 aliphatic carbocycles. The van der Waals surface area contributed by atoms with Crippen LogP contribution in [0, 0.1) is 34.5 Å². The Bertz CT molecular complexity index is 674. The summed E-state index contributed by atoms with van der Waals surface area (Å²) in [5, 5.41) is 11.4. The molecule has 3 saturated carbocycles. The zero-order valence-corrected chi connectivity index (χ0v) is 73.3. The van der Waals surface area contributed by atoms with Gasteiger partial charge in [-0.2, -0.15) is 0 Å². The quantitative estimate of drug-likeness (QED) is 0.338. The molecule has 0 spiro atoms. The summed E-state index contributed by atoms with van der Waals surface area (Å²) < 4.78 is 13.3. The predicted octanol–water partition coefficient (Wildman–Crippen LogP) is 3.83. The van der Waals surface area contributed by atoms with Crippen LogP contribution in [-0.2, 0) is 366 Å². The number of allylic oxidation sites excluding steroid dienone is 1. The molecule has 42 heavy (non-hydrogen) atoms. The third kappa shape index (κ3) is 18.6. The van der Waals surface area contributed by atoms with Crippen LogP contribution in [0.3, 0.4) is 0 Å². The normalized spacial score (nSPS) is 30.9. The molecule has 0 amide bonds. The van der Waals surface area contributed by atoms with Crippen molar-refractivity contribution < 1.29 is 371 Å². The van der Waals surface area contributed by atoms with Crippen molar-refractivity contribution in [2.75, 3.05) is 14.2 Å². The van der Waals surface area contributed by atoms with Crippen LogP contribution in [0.4, 0.5) is 0 Å². The molecule has 4 rings (SSSR count). The molecule has 1 N–H and O–H groups in total. The molecule has 0 bridgehead atoms. The molecule has 0 aliphatic heterocycles. The van der Waals surface area contributed by atoms with Crippen molar-refractivity contribution in [3.05, 3.63) is 11.6 Å². The van der Waals surface area contributed by atoms with E-state index in [0.717, 1.165) is 31.6 Å². The van der Waals surface area contributed by atoms with Gasteiger partial charge in [0.05, 0.1) is 0 Å². The molecule has 20 heteroatoms. The van der Waals surface area contributed by atoms with Crippen LogP contribution >= 0.6 is 0 Å². The van der Waals surface area contributed by atoms with E-state index in [1.807, 2.05) is 0 Å². The standard InChI is InChI=1S/C22H34O3.17W/c1-14-11-15-12-22(24-4,25-5)10-9-21(15,3)19-17(23)13-20(2)8-6-7-16(20)18(14)19;;;;;;;;;;;;;;;;;/h11,14,16-19,23H,6-7,9-10,12-13H2,1-5H3;;;;;;;;;;;;;;;;;/t14-,16?,17+,18?,19?,20?,21?;;;;;;;;;;;;;;;;;/m0................./s1. The number of aliphatic hydroxyl groups is 1. The zero-order valence-electron chi connectivity index (χ0n) is 23.4. The Balaban J connectivity index is -0.0000000478. The van der Waals surface area contributed by atoms with Crippen molar-refractivity contribution >= 4 is 3.90 Å². The molecule has 0 aromatic rings. The summed E-state index contributed by atoms with van der Waals surface area (Å²) in [5.74, 6) is 1.76. The number of aliphatic hydroxyl groups excluding tert-OH is 1. The molecular weight excluding hydrogens is 3440 g/mol. The van der Waals surface area contributed by atoms with Crippen LogP contribution in [0.1, 0.15) is 59.3 Å². The third-order valence-electron chi connectivity index (χ3n) is 8.83. The van der Waals surface area contributed by atoms with Crippen LogP contribution in [0.15, 0.2) is 11.6 Å². The van der Waals surface area contributed by atoms with E-state index in [-0.39, 0.29) is 354 Å². The molecule has 0 heterocycles. The van der Waals surface area contributed by atoms with Crippen LogP contribution in [0.5, 0.6) is 0 Å². The van der Waals surface area contributed by atoms with Gasteiger partial charge in [0.1, 0.15) is 0 Å². The first-order chi connectivity index (χ1) is 12.2. The molecule has 5 unspecified atom stereocenters. The monoisotopic (exact) mass is 3470 g/mol. The summed E-state index contributed by atoms with van der Waals surface area (Å²) in [6.07, 6.45) is 8.71. The van der Waals surface area contributed by atoms with Gasteiger partial charge >= 0.3 is 169 Å². The minimum Gasteiger partial charge on any atom is 0 e.